The van der Waals surface area contributed by atoms with Crippen molar-refractivity contribution in [2.75, 3.05) is 30.4 Å². The maximum atomic E-state index is 13.8. The maximum absolute atomic E-state index is 13.8. The second-order valence-electron chi connectivity index (χ2n) is 7.83. The lowest BCUT2D eigenvalue weighted by Gasteiger charge is -2.26. The molecule has 180 valence electrons. The lowest BCUT2D eigenvalue weighted by atomic mass is 10.1. The number of hydrogen-bond donors (Lipinski definition) is 1. The molecule has 0 unspecified atom stereocenters. The molecule has 0 aliphatic rings. The van der Waals surface area contributed by atoms with Gasteiger partial charge in [0, 0.05) is 16.2 Å². The summed E-state index contributed by atoms with van der Waals surface area (Å²) in [7, 11) is -1.27. The van der Waals surface area contributed by atoms with Gasteiger partial charge in [-0.2, -0.15) is 0 Å². The monoisotopic (exact) mass is 546 g/mol. The van der Waals surface area contributed by atoms with E-state index in [-0.39, 0.29) is 10.6 Å². The minimum absolute atomic E-state index is 0.0263. The van der Waals surface area contributed by atoms with Crippen LogP contribution in [-0.4, -0.2) is 35.1 Å². The van der Waals surface area contributed by atoms with E-state index in [0.29, 0.717) is 17.1 Å². The van der Waals surface area contributed by atoms with E-state index >= 15 is 0 Å². The Labute approximate surface area is 208 Å². The molecular weight excluding hydrogens is 520 g/mol. The van der Waals surface area contributed by atoms with Crippen LogP contribution in [0, 0.1) is 20.8 Å². The highest BCUT2D eigenvalue weighted by atomic mass is 79.9. The molecule has 7 nitrogen and oxygen atoms in total. The van der Waals surface area contributed by atoms with E-state index in [4.69, 9.17) is 9.47 Å². The molecule has 0 fully saturated rings. The van der Waals surface area contributed by atoms with Crippen LogP contribution in [0.4, 0.5) is 11.4 Å². The van der Waals surface area contributed by atoms with E-state index in [1.807, 2.05) is 26.0 Å². The predicted octanol–water partition coefficient (Wildman–Crippen LogP) is 5.23. The van der Waals surface area contributed by atoms with Gasteiger partial charge >= 0.3 is 0 Å². The van der Waals surface area contributed by atoms with E-state index in [1.54, 1.807) is 43.3 Å². The quantitative estimate of drug-likeness (QED) is 0.418. The molecule has 0 atom stereocenters. The lowest BCUT2D eigenvalue weighted by molar-refractivity contribution is -0.114. The number of methoxy groups -OCH3 is 2. The zero-order valence-electron chi connectivity index (χ0n) is 19.7. The highest BCUT2D eigenvalue weighted by molar-refractivity contribution is 9.10. The number of aryl methyl sites for hydroxylation is 3. The Bertz CT molecular complexity index is 1300. The fourth-order valence-electron chi connectivity index (χ4n) is 3.60. The number of rotatable bonds is 8. The van der Waals surface area contributed by atoms with E-state index in [9.17, 15) is 13.2 Å². The van der Waals surface area contributed by atoms with Crippen LogP contribution in [0.2, 0.25) is 0 Å². The van der Waals surface area contributed by atoms with E-state index < -0.39 is 22.5 Å². The standard InChI is InChI=1S/C25H27BrN2O5S/c1-16-9-10-22(33-5)23(11-16)34(30,31)28(20-7-6-8-21(14-20)32-4)15-24(29)27-25-17(2)12-19(26)13-18(25)3/h6-14H,15H2,1-5H3,(H,27,29). The Morgan fingerprint density at radius 2 is 1.65 bits per heavy atom. The Morgan fingerprint density at radius 1 is 0.971 bits per heavy atom. The van der Waals surface area contributed by atoms with Crippen LogP contribution in [0.25, 0.3) is 0 Å². The summed E-state index contributed by atoms with van der Waals surface area (Å²) in [5.41, 5.74) is 3.40. The first-order valence-electron chi connectivity index (χ1n) is 10.4. The van der Waals surface area contributed by atoms with Crippen LogP contribution in [0.15, 0.2) is 64.0 Å². The number of carbonyl (C=O) groups excluding carboxylic acids is 1. The Hall–Kier alpha value is -3.04. The number of nitrogens with zero attached hydrogens (tertiary/aromatic N) is 1. The molecule has 0 aromatic heterocycles. The van der Waals surface area contributed by atoms with Gasteiger partial charge in [-0.3, -0.25) is 9.10 Å². The first kappa shape index (κ1) is 25.6. The molecule has 0 saturated heterocycles. The fraction of sp³-hybridized carbons (Fsp3) is 0.240. The molecule has 3 aromatic rings. The van der Waals surface area contributed by atoms with Gasteiger partial charge in [-0.05, 0) is 73.9 Å². The maximum Gasteiger partial charge on any atom is 0.268 e. The van der Waals surface area contributed by atoms with Crippen molar-refractivity contribution in [1.29, 1.82) is 0 Å². The summed E-state index contributed by atoms with van der Waals surface area (Å²) in [5.74, 6) is 0.180. The molecule has 0 aliphatic carbocycles. The Morgan fingerprint density at radius 3 is 2.26 bits per heavy atom. The van der Waals surface area contributed by atoms with E-state index in [2.05, 4.69) is 21.2 Å². The van der Waals surface area contributed by atoms with Crippen LogP contribution in [0.1, 0.15) is 16.7 Å². The van der Waals surface area contributed by atoms with Gasteiger partial charge in [-0.25, -0.2) is 8.42 Å². The second kappa shape index (κ2) is 10.5. The summed E-state index contributed by atoms with van der Waals surface area (Å²) < 4.78 is 40.3. The number of nitrogens with one attached hydrogen (secondary N) is 1. The van der Waals surface area contributed by atoms with Gasteiger partial charge in [0.2, 0.25) is 5.91 Å². The second-order valence-corrected chi connectivity index (χ2v) is 10.6. The number of hydrogen-bond acceptors (Lipinski definition) is 5. The smallest absolute Gasteiger partial charge is 0.268 e. The third kappa shape index (κ3) is 5.53. The van der Waals surface area contributed by atoms with Gasteiger partial charge in [0.1, 0.15) is 22.9 Å². The number of halogens is 1. The molecule has 0 radical (unpaired) electrons. The van der Waals surface area contributed by atoms with Crippen molar-refractivity contribution >= 4 is 43.2 Å². The predicted molar refractivity (Wildman–Crippen MR) is 138 cm³/mol. The van der Waals surface area contributed by atoms with Crippen molar-refractivity contribution in [1.82, 2.24) is 0 Å². The summed E-state index contributed by atoms with van der Waals surface area (Å²) in [5, 5.41) is 2.87. The summed E-state index contributed by atoms with van der Waals surface area (Å²) >= 11 is 3.45. The molecule has 0 heterocycles. The fourth-order valence-corrected chi connectivity index (χ4v) is 5.95. The number of benzene rings is 3. The molecular formula is C25H27BrN2O5S. The minimum atomic E-state index is -4.17. The van der Waals surface area contributed by atoms with Gasteiger partial charge < -0.3 is 14.8 Å². The molecule has 3 aromatic carbocycles. The van der Waals surface area contributed by atoms with Crippen LogP contribution >= 0.6 is 15.9 Å². The van der Waals surface area contributed by atoms with Crippen molar-refractivity contribution in [2.24, 2.45) is 0 Å². The summed E-state index contributed by atoms with van der Waals surface area (Å²) in [4.78, 5) is 13.1. The van der Waals surface area contributed by atoms with Crippen LogP contribution in [0.3, 0.4) is 0 Å². The number of amides is 1. The normalized spacial score (nSPS) is 11.1. The van der Waals surface area contributed by atoms with Crippen LogP contribution < -0.4 is 19.1 Å². The molecule has 3 rings (SSSR count). The minimum Gasteiger partial charge on any atom is -0.497 e. The average Bonchev–Trinajstić information content (AvgIpc) is 2.79. The third-order valence-corrected chi connectivity index (χ3v) is 7.53. The first-order valence-corrected chi connectivity index (χ1v) is 12.7. The molecule has 0 saturated carbocycles. The summed E-state index contributed by atoms with van der Waals surface area (Å²) in [6.07, 6.45) is 0. The zero-order chi connectivity index (χ0) is 25.0. The van der Waals surface area contributed by atoms with Gasteiger partial charge in [-0.1, -0.05) is 28.1 Å². The van der Waals surface area contributed by atoms with Crippen LogP contribution in [0.5, 0.6) is 11.5 Å². The van der Waals surface area contributed by atoms with Gasteiger partial charge in [0.25, 0.3) is 10.0 Å². The lowest BCUT2D eigenvalue weighted by Crippen LogP contribution is -2.38. The third-order valence-electron chi connectivity index (χ3n) is 5.28. The number of sulfonamides is 1. The van der Waals surface area contributed by atoms with E-state index in [1.165, 1.54) is 20.3 Å². The Balaban J connectivity index is 2.06. The van der Waals surface area contributed by atoms with Crippen LogP contribution in [-0.2, 0) is 14.8 Å². The highest BCUT2D eigenvalue weighted by Gasteiger charge is 2.30. The van der Waals surface area contributed by atoms with Gasteiger partial charge in [0.05, 0.1) is 19.9 Å². The number of ether oxygens (including phenoxy) is 2. The molecule has 9 heteroatoms. The number of anilines is 2. The van der Waals surface area contributed by atoms with Crippen molar-refractivity contribution in [2.45, 2.75) is 25.7 Å². The molecule has 1 N–H and O–H groups in total. The summed E-state index contributed by atoms with van der Waals surface area (Å²) in [6.45, 7) is 5.10. The number of carbonyl (C=O) groups is 1. The molecule has 34 heavy (non-hydrogen) atoms. The largest absolute Gasteiger partial charge is 0.497 e. The van der Waals surface area contributed by atoms with Gasteiger partial charge in [0.15, 0.2) is 0 Å². The molecule has 0 bridgehead atoms. The first-order chi connectivity index (χ1) is 16.1. The summed E-state index contributed by atoms with van der Waals surface area (Å²) in [6, 6.07) is 15.2. The Kier molecular flexibility index (Phi) is 7.89. The zero-order valence-corrected chi connectivity index (χ0v) is 22.1. The average molecular weight is 547 g/mol. The van der Waals surface area contributed by atoms with Crippen molar-refractivity contribution in [3.63, 3.8) is 0 Å². The van der Waals surface area contributed by atoms with Crippen molar-refractivity contribution < 1.29 is 22.7 Å². The van der Waals surface area contributed by atoms with E-state index in [0.717, 1.165) is 25.5 Å². The van der Waals surface area contributed by atoms with Gasteiger partial charge in [-0.15, -0.1) is 0 Å². The molecule has 1 amide bonds. The molecule has 0 spiro atoms. The molecule has 0 aliphatic heterocycles. The van der Waals surface area contributed by atoms with Crippen molar-refractivity contribution in [3.05, 3.63) is 75.8 Å². The highest BCUT2D eigenvalue weighted by Crippen LogP contribution is 2.32. The topological polar surface area (TPSA) is 84.9 Å². The van der Waals surface area contributed by atoms with Crippen molar-refractivity contribution in [3.8, 4) is 11.5 Å². The SMILES string of the molecule is COc1cccc(N(CC(=O)Nc2c(C)cc(Br)cc2C)S(=O)(=O)c2cc(C)ccc2OC)c1.